The van der Waals surface area contributed by atoms with Crippen molar-refractivity contribution in [2.45, 2.75) is 26.8 Å². The van der Waals surface area contributed by atoms with Gasteiger partial charge < -0.3 is 20.1 Å². The molecule has 136 valence electrons. The highest BCUT2D eigenvalue weighted by Gasteiger charge is 2.13. The zero-order chi connectivity index (χ0) is 17.2. The third-order valence-corrected chi connectivity index (χ3v) is 4.24. The minimum Gasteiger partial charge on any atom is -0.490 e. The molecule has 1 aliphatic rings. The molecule has 1 heterocycles. The lowest BCUT2D eigenvalue weighted by atomic mass is 10.2. The van der Waals surface area contributed by atoms with Gasteiger partial charge in [0.15, 0.2) is 11.5 Å². The quantitative estimate of drug-likeness (QED) is 0.631. The molecule has 2 N–H and O–H groups in total. The number of nitrogens with one attached hydrogen (secondary N) is 2. The molecule has 1 aliphatic heterocycles. The highest BCUT2D eigenvalue weighted by Crippen LogP contribution is 2.36. The summed E-state index contributed by atoms with van der Waals surface area (Å²) in [5, 5.41) is 7.48. The Labute approximate surface area is 150 Å². The van der Waals surface area contributed by atoms with Crippen molar-refractivity contribution in [3.8, 4) is 11.5 Å². The summed E-state index contributed by atoms with van der Waals surface area (Å²) in [6.07, 6.45) is 0.942. The van der Waals surface area contributed by atoms with Crippen molar-refractivity contribution >= 4 is 11.6 Å². The lowest BCUT2D eigenvalue weighted by molar-refractivity contribution is 0.241. The largest absolute Gasteiger partial charge is 0.490 e. The van der Waals surface area contributed by atoms with E-state index >= 15 is 0 Å². The van der Waals surface area contributed by atoms with Crippen LogP contribution in [0.25, 0.3) is 0 Å². The van der Waals surface area contributed by atoms with Crippen LogP contribution in [-0.4, -0.2) is 57.4 Å². The Morgan fingerprint density at radius 1 is 1.21 bits per heavy atom. The van der Waals surface area contributed by atoms with Gasteiger partial charge in [0.05, 0.1) is 18.2 Å². The van der Waals surface area contributed by atoms with Crippen LogP contribution in [0.4, 0.5) is 0 Å². The second-order valence-corrected chi connectivity index (χ2v) is 6.36. The van der Waals surface area contributed by atoms with Gasteiger partial charge in [-0.05, 0) is 31.0 Å². The summed E-state index contributed by atoms with van der Waals surface area (Å²) in [6, 6.07) is 3.99. The first-order valence-electron chi connectivity index (χ1n) is 8.96. The van der Waals surface area contributed by atoms with E-state index in [-0.39, 0.29) is 0 Å². The van der Waals surface area contributed by atoms with E-state index in [2.05, 4.69) is 22.5 Å². The van der Waals surface area contributed by atoms with E-state index in [9.17, 15) is 0 Å². The molecule has 5 nitrogen and oxygen atoms in total. The average molecular weight is 356 g/mol. The molecule has 0 amide bonds. The molecule has 0 atom stereocenters. The average Bonchev–Trinajstić information content (AvgIpc) is 2.59. The third-order valence-electron chi connectivity index (χ3n) is 3.96. The van der Waals surface area contributed by atoms with Crippen LogP contribution in [0.3, 0.4) is 0 Å². The first kappa shape index (κ1) is 19.3. The van der Waals surface area contributed by atoms with Gasteiger partial charge in [-0.2, -0.15) is 0 Å². The highest BCUT2D eigenvalue weighted by molar-refractivity contribution is 6.32. The molecule has 0 aromatic heterocycles. The molecule has 2 rings (SSSR count). The van der Waals surface area contributed by atoms with Crippen molar-refractivity contribution in [3.63, 3.8) is 0 Å². The molecule has 0 unspecified atom stereocenters. The van der Waals surface area contributed by atoms with E-state index in [0.29, 0.717) is 24.0 Å². The van der Waals surface area contributed by atoms with Crippen LogP contribution in [0, 0.1) is 0 Å². The van der Waals surface area contributed by atoms with E-state index in [1.54, 1.807) is 0 Å². The maximum absolute atomic E-state index is 6.39. The van der Waals surface area contributed by atoms with Gasteiger partial charge in [-0.25, -0.2) is 0 Å². The normalized spacial score (nSPS) is 15.5. The van der Waals surface area contributed by atoms with E-state index < -0.39 is 0 Å². The number of rotatable bonds is 10. The maximum atomic E-state index is 6.39. The fraction of sp³-hybridized carbons (Fsp3) is 0.667. The van der Waals surface area contributed by atoms with Crippen LogP contribution in [0.5, 0.6) is 11.5 Å². The minimum atomic E-state index is 0.596. The van der Waals surface area contributed by atoms with Gasteiger partial charge in [0.1, 0.15) is 0 Å². The second-order valence-electron chi connectivity index (χ2n) is 5.95. The van der Waals surface area contributed by atoms with Gasteiger partial charge in [-0.15, -0.1) is 0 Å². The van der Waals surface area contributed by atoms with E-state index in [1.165, 1.54) is 0 Å². The predicted octanol–water partition coefficient (Wildman–Crippen LogP) is 2.52. The summed E-state index contributed by atoms with van der Waals surface area (Å²) >= 11 is 6.39. The van der Waals surface area contributed by atoms with Crippen molar-refractivity contribution < 1.29 is 9.47 Å². The topological polar surface area (TPSA) is 45.8 Å². The predicted molar refractivity (Wildman–Crippen MR) is 99.4 cm³/mol. The van der Waals surface area contributed by atoms with Gasteiger partial charge in [0.2, 0.25) is 0 Å². The van der Waals surface area contributed by atoms with Gasteiger partial charge in [-0.3, -0.25) is 4.90 Å². The fourth-order valence-electron chi connectivity index (χ4n) is 2.74. The van der Waals surface area contributed by atoms with E-state index in [0.717, 1.165) is 63.5 Å². The minimum absolute atomic E-state index is 0.596. The van der Waals surface area contributed by atoms with Crippen LogP contribution in [0.15, 0.2) is 12.1 Å². The van der Waals surface area contributed by atoms with Crippen LogP contribution in [-0.2, 0) is 6.54 Å². The van der Waals surface area contributed by atoms with E-state index in [4.69, 9.17) is 21.1 Å². The number of ether oxygens (including phenoxy) is 2. The summed E-state index contributed by atoms with van der Waals surface area (Å²) in [5.41, 5.74) is 1.12. The summed E-state index contributed by atoms with van der Waals surface area (Å²) in [7, 11) is 0. The van der Waals surface area contributed by atoms with Crippen molar-refractivity contribution in [2.75, 3.05) is 52.5 Å². The van der Waals surface area contributed by atoms with Gasteiger partial charge in [0.25, 0.3) is 0 Å². The summed E-state index contributed by atoms with van der Waals surface area (Å²) < 4.78 is 11.4. The number of halogens is 1. The Morgan fingerprint density at radius 3 is 2.71 bits per heavy atom. The molecule has 1 saturated heterocycles. The van der Waals surface area contributed by atoms with Crippen LogP contribution in [0.1, 0.15) is 25.8 Å². The Balaban J connectivity index is 1.87. The van der Waals surface area contributed by atoms with Crippen LogP contribution < -0.4 is 20.1 Å². The molecular formula is C18H30ClN3O2. The summed E-state index contributed by atoms with van der Waals surface area (Å²) in [6.45, 7) is 12.5. The molecule has 1 aromatic rings. The molecule has 0 radical (unpaired) electrons. The zero-order valence-electron chi connectivity index (χ0n) is 14.9. The van der Waals surface area contributed by atoms with Gasteiger partial charge >= 0.3 is 0 Å². The fourth-order valence-corrected chi connectivity index (χ4v) is 3.02. The monoisotopic (exact) mass is 355 g/mol. The molecule has 24 heavy (non-hydrogen) atoms. The van der Waals surface area contributed by atoms with Crippen molar-refractivity contribution in [1.29, 1.82) is 0 Å². The molecule has 0 saturated carbocycles. The second kappa shape index (κ2) is 10.8. The molecule has 0 bridgehead atoms. The number of benzene rings is 1. The van der Waals surface area contributed by atoms with Crippen molar-refractivity contribution in [2.24, 2.45) is 0 Å². The summed E-state index contributed by atoms with van der Waals surface area (Å²) in [5.74, 6) is 1.39. The molecular weight excluding hydrogens is 326 g/mol. The third kappa shape index (κ3) is 6.13. The number of hydrogen-bond donors (Lipinski definition) is 2. The maximum Gasteiger partial charge on any atom is 0.179 e. The van der Waals surface area contributed by atoms with Gasteiger partial charge in [0, 0.05) is 45.8 Å². The summed E-state index contributed by atoms with van der Waals surface area (Å²) in [4.78, 5) is 2.48. The lowest BCUT2D eigenvalue weighted by Crippen LogP contribution is -2.45. The Morgan fingerprint density at radius 2 is 2.00 bits per heavy atom. The Kier molecular flexibility index (Phi) is 8.67. The first-order valence-corrected chi connectivity index (χ1v) is 9.34. The van der Waals surface area contributed by atoms with Crippen LogP contribution in [0.2, 0.25) is 5.02 Å². The standard InChI is InChI=1S/C18H30ClN3O2/c1-3-11-24-18-16(19)12-15(13-17(18)23-4-2)14-21-7-10-22-8-5-20-6-9-22/h12-13,20-21H,3-11,14H2,1-2H3. The number of nitrogens with zero attached hydrogens (tertiary/aromatic N) is 1. The Hall–Kier alpha value is -1.01. The molecule has 0 aliphatic carbocycles. The molecule has 1 aromatic carbocycles. The molecule has 1 fully saturated rings. The van der Waals surface area contributed by atoms with Crippen LogP contribution >= 0.6 is 11.6 Å². The number of hydrogen-bond acceptors (Lipinski definition) is 5. The molecule has 0 spiro atoms. The smallest absolute Gasteiger partial charge is 0.179 e. The SMILES string of the molecule is CCCOc1c(Cl)cc(CNCCN2CCNCC2)cc1OCC. The highest BCUT2D eigenvalue weighted by atomic mass is 35.5. The van der Waals surface area contributed by atoms with Gasteiger partial charge in [-0.1, -0.05) is 18.5 Å². The van der Waals surface area contributed by atoms with Crippen molar-refractivity contribution in [3.05, 3.63) is 22.7 Å². The van der Waals surface area contributed by atoms with Crippen molar-refractivity contribution in [1.82, 2.24) is 15.5 Å². The molecule has 6 heteroatoms. The first-order chi connectivity index (χ1) is 11.7. The zero-order valence-corrected chi connectivity index (χ0v) is 15.6. The Bertz CT molecular complexity index is 493. The number of piperazine rings is 1. The lowest BCUT2D eigenvalue weighted by Gasteiger charge is -2.27. The van der Waals surface area contributed by atoms with E-state index in [1.807, 2.05) is 19.1 Å².